The maximum atomic E-state index is 12.4. The molecule has 0 fully saturated rings. The van der Waals surface area contributed by atoms with Crippen molar-refractivity contribution in [2.24, 2.45) is 5.73 Å². The fraction of sp³-hybridized carbons (Fsp3) is 0.440. The number of halogens is 3. The summed E-state index contributed by atoms with van der Waals surface area (Å²) >= 11 is 0. The average Bonchev–Trinajstić information content (AvgIpc) is 3.21. The second-order valence-electron chi connectivity index (χ2n) is 8.65. The van der Waals surface area contributed by atoms with Crippen LogP contribution in [0.3, 0.4) is 0 Å². The number of carboxylic acid groups (broad SMARTS) is 1. The fourth-order valence-electron chi connectivity index (χ4n) is 4.19. The number of rotatable bonds is 13. The van der Waals surface area contributed by atoms with Gasteiger partial charge in [0.05, 0.1) is 17.7 Å². The number of carbonyl (C=O) groups is 2. The molecule has 0 bridgehead atoms. The Morgan fingerprint density at radius 3 is 2.53 bits per heavy atom. The van der Waals surface area contributed by atoms with Crippen LogP contribution in [-0.4, -0.2) is 62.0 Å². The number of ether oxygens (including phenoxy) is 2. The van der Waals surface area contributed by atoms with E-state index in [-0.39, 0.29) is 30.6 Å². The smallest absolute Gasteiger partial charge is 0.422 e. The first-order chi connectivity index (χ1) is 17.0. The molecule has 2 aromatic carbocycles. The first-order valence-corrected chi connectivity index (χ1v) is 11.6. The van der Waals surface area contributed by atoms with Gasteiger partial charge in [0.2, 0.25) is 0 Å². The van der Waals surface area contributed by atoms with Crippen molar-refractivity contribution >= 4 is 17.6 Å². The zero-order chi connectivity index (χ0) is 26.3. The number of para-hydroxylation sites is 2. The standard InChI is InChI=1S/C25H30F3N3O5/c1-16(30-8-11-35-20-4-2-3-5-21(20)36-15-25(26,27)28)12-17-13-18-6-9-31(10-7-22(32)33)23(18)19(14-17)24(29)34/h2-5,13-14,16,30H,6-12,15H2,1H3,(H2,29,34)(H,32,33)/t16-/m1/s1. The molecule has 1 aliphatic heterocycles. The number of hydrogen-bond acceptors (Lipinski definition) is 6. The number of carboxylic acids is 1. The van der Waals surface area contributed by atoms with Crippen LogP contribution < -0.4 is 25.4 Å². The summed E-state index contributed by atoms with van der Waals surface area (Å²) in [4.78, 5) is 25.0. The van der Waals surface area contributed by atoms with Gasteiger partial charge in [0.1, 0.15) is 6.61 Å². The van der Waals surface area contributed by atoms with Crippen LogP contribution in [0.1, 0.15) is 34.8 Å². The number of nitrogens with two attached hydrogens (primary N) is 1. The van der Waals surface area contributed by atoms with Gasteiger partial charge in [0, 0.05) is 25.7 Å². The van der Waals surface area contributed by atoms with Crippen molar-refractivity contribution < 1.29 is 37.3 Å². The Labute approximate surface area is 207 Å². The molecule has 1 heterocycles. The summed E-state index contributed by atoms with van der Waals surface area (Å²) in [5.74, 6) is -1.21. The molecule has 36 heavy (non-hydrogen) atoms. The van der Waals surface area contributed by atoms with Gasteiger partial charge in [-0.3, -0.25) is 9.59 Å². The number of anilines is 1. The highest BCUT2D eigenvalue weighted by molar-refractivity contribution is 6.00. The topological polar surface area (TPSA) is 114 Å². The van der Waals surface area contributed by atoms with E-state index >= 15 is 0 Å². The molecule has 4 N–H and O–H groups in total. The van der Waals surface area contributed by atoms with E-state index in [1.807, 2.05) is 17.9 Å². The number of carbonyl (C=O) groups excluding carboxylic acids is 1. The van der Waals surface area contributed by atoms with Crippen LogP contribution in [0.4, 0.5) is 18.9 Å². The summed E-state index contributed by atoms with van der Waals surface area (Å²) in [6.45, 7) is 2.16. The molecule has 1 atom stereocenters. The molecule has 0 spiro atoms. The van der Waals surface area contributed by atoms with E-state index in [0.29, 0.717) is 43.7 Å². The van der Waals surface area contributed by atoms with Crippen molar-refractivity contribution in [1.82, 2.24) is 5.32 Å². The number of benzene rings is 2. The maximum Gasteiger partial charge on any atom is 0.422 e. The Kier molecular flexibility index (Phi) is 9.03. The van der Waals surface area contributed by atoms with Crippen LogP contribution in [0.25, 0.3) is 0 Å². The van der Waals surface area contributed by atoms with E-state index in [0.717, 1.165) is 11.1 Å². The summed E-state index contributed by atoms with van der Waals surface area (Å²) in [7, 11) is 0. The zero-order valence-corrected chi connectivity index (χ0v) is 19.9. The summed E-state index contributed by atoms with van der Waals surface area (Å²) in [6.07, 6.45) is -3.16. The number of fused-ring (bicyclic) bond motifs is 1. The van der Waals surface area contributed by atoms with E-state index in [2.05, 4.69) is 5.32 Å². The monoisotopic (exact) mass is 509 g/mol. The van der Waals surface area contributed by atoms with Crippen LogP contribution >= 0.6 is 0 Å². The van der Waals surface area contributed by atoms with Crippen LogP contribution in [0.2, 0.25) is 0 Å². The normalized spacial score (nSPS) is 13.8. The van der Waals surface area contributed by atoms with E-state index < -0.39 is 24.7 Å². The molecule has 0 saturated heterocycles. The van der Waals surface area contributed by atoms with Gasteiger partial charge in [-0.1, -0.05) is 18.2 Å². The molecule has 0 saturated carbocycles. The number of nitrogens with one attached hydrogen (secondary N) is 1. The molecule has 196 valence electrons. The van der Waals surface area contributed by atoms with E-state index in [4.69, 9.17) is 20.3 Å². The van der Waals surface area contributed by atoms with Gasteiger partial charge < -0.3 is 30.5 Å². The summed E-state index contributed by atoms with van der Waals surface area (Å²) in [5.41, 5.74) is 8.63. The van der Waals surface area contributed by atoms with E-state index in [9.17, 15) is 22.8 Å². The second kappa shape index (κ2) is 12.0. The predicted molar refractivity (Wildman–Crippen MR) is 128 cm³/mol. The van der Waals surface area contributed by atoms with E-state index in [1.165, 1.54) is 6.07 Å². The van der Waals surface area contributed by atoms with Crippen LogP contribution in [0.5, 0.6) is 11.5 Å². The van der Waals surface area contributed by atoms with Crippen molar-refractivity contribution in [3.8, 4) is 11.5 Å². The van der Waals surface area contributed by atoms with Crippen LogP contribution in [0, 0.1) is 0 Å². The Morgan fingerprint density at radius 1 is 1.19 bits per heavy atom. The fourth-order valence-corrected chi connectivity index (χ4v) is 4.19. The SMILES string of the molecule is C[C@H](Cc1cc2c(c(C(N)=O)c1)N(CCC(=O)O)CC2)NCCOc1ccccc1OCC(F)(F)F. The highest BCUT2D eigenvalue weighted by Gasteiger charge is 2.29. The molecular weight excluding hydrogens is 479 g/mol. The molecular formula is C25H30F3N3O5. The summed E-state index contributed by atoms with van der Waals surface area (Å²) in [5, 5.41) is 12.3. The second-order valence-corrected chi connectivity index (χ2v) is 8.65. The molecule has 2 aromatic rings. The molecule has 1 amide bonds. The largest absolute Gasteiger partial charge is 0.488 e. The van der Waals surface area contributed by atoms with Crippen molar-refractivity contribution in [1.29, 1.82) is 0 Å². The van der Waals surface area contributed by atoms with Gasteiger partial charge in [-0.25, -0.2) is 0 Å². The minimum atomic E-state index is -4.44. The molecule has 3 rings (SSSR count). The number of amides is 1. The number of nitrogens with zero attached hydrogens (tertiary/aromatic N) is 1. The minimum absolute atomic E-state index is 0.00798. The lowest BCUT2D eigenvalue weighted by atomic mass is 9.98. The van der Waals surface area contributed by atoms with Crippen molar-refractivity contribution in [3.63, 3.8) is 0 Å². The third kappa shape index (κ3) is 7.77. The Bertz CT molecular complexity index is 1080. The molecule has 0 aliphatic carbocycles. The molecule has 11 heteroatoms. The summed E-state index contributed by atoms with van der Waals surface area (Å²) < 4.78 is 47.8. The molecule has 0 unspecified atom stereocenters. The Morgan fingerprint density at radius 2 is 1.89 bits per heavy atom. The van der Waals surface area contributed by atoms with Gasteiger partial charge in [-0.15, -0.1) is 0 Å². The highest BCUT2D eigenvalue weighted by Crippen LogP contribution is 2.33. The number of primary amides is 1. The first-order valence-electron chi connectivity index (χ1n) is 11.6. The molecule has 0 aromatic heterocycles. The number of hydrogen-bond donors (Lipinski definition) is 3. The molecule has 8 nitrogen and oxygen atoms in total. The number of aliphatic carboxylic acids is 1. The zero-order valence-electron chi connectivity index (χ0n) is 19.9. The van der Waals surface area contributed by atoms with Crippen molar-refractivity contribution in [2.45, 2.75) is 38.4 Å². The van der Waals surface area contributed by atoms with Crippen LogP contribution in [0.15, 0.2) is 36.4 Å². The number of alkyl halides is 3. The lowest BCUT2D eigenvalue weighted by Gasteiger charge is -2.22. The first kappa shape index (κ1) is 27.1. The maximum absolute atomic E-state index is 12.4. The predicted octanol–water partition coefficient (Wildman–Crippen LogP) is 3.16. The minimum Gasteiger partial charge on any atom is -0.488 e. The third-order valence-corrected chi connectivity index (χ3v) is 5.71. The van der Waals surface area contributed by atoms with E-state index in [1.54, 1.807) is 24.3 Å². The van der Waals surface area contributed by atoms with Gasteiger partial charge in [0.25, 0.3) is 5.91 Å². The quantitative estimate of drug-likeness (QED) is 0.356. The van der Waals surface area contributed by atoms with Gasteiger partial charge in [0.15, 0.2) is 18.1 Å². The lowest BCUT2D eigenvalue weighted by molar-refractivity contribution is -0.153. The molecule has 0 radical (unpaired) electrons. The summed E-state index contributed by atoms with van der Waals surface area (Å²) in [6, 6.07) is 9.97. The van der Waals surface area contributed by atoms with Gasteiger partial charge in [-0.2, -0.15) is 13.2 Å². The van der Waals surface area contributed by atoms with Crippen molar-refractivity contribution in [2.75, 3.05) is 37.7 Å². The van der Waals surface area contributed by atoms with Crippen molar-refractivity contribution in [3.05, 3.63) is 53.1 Å². The lowest BCUT2D eigenvalue weighted by Crippen LogP contribution is -2.32. The highest BCUT2D eigenvalue weighted by atomic mass is 19.4. The van der Waals surface area contributed by atoms with Gasteiger partial charge >= 0.3 is 12.1 Å². The third-order valence-electron chi connectivity index (χ3n) is 5.71. The molecule has 1 aliphatic rings. The average molecular weight is 510 g/mol. The Balaban J connectivity index is 1.54. The Hall–Kier alpha value is -3.47. The van der Waals surface area contributed by atoms with Crippen LogP contribution in [-0.2, 0) is 17.6 Å². The van der Waals surface area contributed by atoms with Gasteiger partial charge in [-0.05, 0) is 49.1 Å².